The van der Waals surface area contributed by atoms with Crippen LogP contribution in [-0.4, -0.2) is 10.8 Å². The van der Waals surface area contributed by atoms with Gasteiger partial charge in [0.05, 0.1) is 4.92 Å². The van der Waals surface area contributed by atoms with Gasteiger partial charge in [0.1, 0.15) is 5.82 Å². The van der Waals surface area contributed by atoms with Gasteiger partial charge in [-0.05, 0) is 30.7 Å². The van der Waals surface area contributed by atoms with Crippen LogP contribution in [0, 0.1) is 22.9 Å². The fourth-order valence-electron chi connectivity index (χ4n) is 1.99. The molecule has 0 fully saturated rings. The Morgan fingerprint density at radius 3 is 2.67 bits per heavy atom. The number of nitrogens with one attached hydrogen (secondary N) is 1. The van der Waals surface area contributed by atoms with Crippen molar-refractivity contribution in [2.45, 2.75) is 13.5 Å². The lowest BCUT2D eigenvalue weighted by atomic mass is 10.1. The van der Waals surface area contributed by atoms with Crippen LogP contribution in [0.25, 0.3) is 0 Å². The van der Waals surface area contributed by atoms with E-state index in [1.807, 2.05) is 0 Å². The van der Waals surface area contributed by atoms with Crippen LogP contribution in [0.5, 0.6) is 0 Å². The molecule has 0 aliphatic carbocycles. The molecule has 0 bridgehead atoms. The molecule has 5 nitrogen and oxygen atoms in total. The molecule has 0 aliphatic rings. The van der Waals surface area contributed by atoms with Gasteiger partial charge in [-0.2, -0.15) is 0 Å². The van der Waals surface area contributed by atoms with E-state index < -0.39 is 10.8 Å². The summed E-state index contributed by atoms with van der Waals surface area (Å²) in [6.07, 6.45) is 0. The van der Waals surface area contributed by atoms with Crippen LogP contribution in [0.2, 0.25) is 0 Å². The lowest BCUT2D eigenvalue weighted by Crippen LogP contribution is -2.23. The van der Waals surface area contributed by atoms with Crippen LogP contribution in [0.15, 0.2) is 42.5 Å². The Hall–Kier alpha value is -2.76. The Balaban J connectivity index is 2.14. The van der Waals surface area contributed by atoms with E-state index in [1.54, 1.807) is 12.1 Å². The van der Waals surface area contributed by atoms with Crippen molar-refractivity contribution in [3.05, 3.63) is 75.1 Å². The summed E-state index contributed by atoms with van der Waals surface area (Å²) in [6, 6.07) is 10.2. The van der Waals surface area contributed by atoms with Gasteiger partial charge in [0.25, 0.3) is 11.6 Å². The largest absolute Gasteiger partial charge is 0.348 e. The van der Waals surface area contributed by atoms with Crippen molar-refractivity contribution in [2.24, 2.45) is 0 Å². The van der Waals surface area contributed by atoms with E-state index in [2.05, 4.69) is 5.32 Å². The molecule has 2 aromatic carbocycles. The van der Waals surface area contributed by atoms with Crippen molar-refractivity contribution >= 4 is 11.6 Å². The molecule has 0 saturated heterocycles. The zero-order valence-electron chi connectivity index (χ0n) is 11.3. The highest BCUT2D eigenvalue weighted by molar-refractivity contribution is 5.96. The maximum Gasteiger partial charge on any atom is 0.273 e. The molecular formula is C15H13FN2O3. The van der Waals surface area contributed by atoms with Crippen molar-refractivity contribution in [1.29, 1.82) is 0 Å². The van der Waals surface area contributed by atoms with Crippen molar-refractivity contribution in [3.63, 3.8) is 0 Å². The van der Waals surface area contributed by atoms with Gasteiger partial charge >= 0.3 is 0 Å². The minimum atomic E-state index is -0.529. The summed E-state index contributed by atoms with van der Waals surface area (Å²) in [7, 11) is 0. The molecule has 2 aromatic rings. The van der Waals surface area contributed by atoms with Crippen LogP contribution < -0.4 is 5.32 Å². The Morgan fingerprint density at radius 2 is 2.00 bits per heavy atom. The lowest BCUT2D eigenvalue weighted by Gasteiger charge is -2.08. The second kappa shape index (κ2) is 6.13. The van der Waals surface area contributed by atoms with E-state index in [1.165, 1.54) is 37.3 Å². The molecule has 0 heterocycles. The molecule has 6 heteroatoms. The zero-order chi connectivity index (χ0) is 15.4. The van der Waals surface area contributed by atoms with Crippen LogP contribution in [0.1, 0.15) is 21.5 Å². The first-order valence-corrected chi connectivity index (χ1v) is 6.25. The highest BCUT2D eigenvalue weighted by Crippen LogP contribution is 2.21. The van der Waals surface area contributed by atoms with Gasteiger partial charge in [-0.15, -0.1) is 0 Å². The monoisotopic (exact) mass is 288 g/mol. The van der Waals surface area contributed by atoms with E-state index in [-0.39, 0.29) is 23.6 Å². The van der Waals surface area contributed by atoms with Gasteiger partial charge in [0, 0.05) is 23.7 Å². The van der Waals surface area contributed by atoms with Gasteiger partial charge < -0.3 is 5.32 Å². The summed E-state index contributed by atoms with van der Waals surface area (Å²) in [6.45, 7) is 1.67. The summed E-state index contributed by atoms with van der Waals surface area (Å²) in [5.74, 6) is -0.811. The Labute approximate surface area is 120 Å². The van der Waals surface area contributed by atoms with E-state index in [0.29, 0.717) is 11.1 Å². The molecule has 0 spiro atoms. The van der Waals surface area contributed by atoms with Gasteiger partial charge in [0.15, 0.2) is 0 Å². The second-order valence-corrected chi connectivity index (χ2v) is 4.52. The number of carbonyl (C=O) groups is 1. The number of nitrogens with zero attached hydrogens (tertiary/aromatic N) is 1. The fourth-order valence-corrected chi connectivity index (χ4v) is 1.99. The van der Waals surface area contributed by atoms with Gasteiger partial charge in [0.2, 0.25) is 0 Å². The standard InChI is InChI=1S/C15H13FN2O3/c1-10-13(6-3-7-14(10)18(20)21)15(19)17-9-11-4-2-5-12(16)8-11/h2-8H,9H2,1H3,(H,17,19). The molecule has 0 saturated carbocycles. The number of nitro groups is 1. The van der Waals surface area contributed by atoms with Crippen LogP contribution >= 0.6 is 0 Å². The summed E-state index contributed by atoms with van der Waals surface area (Å²) in [5.41, 5.74) is 1.06. The first-order valence-electron chi connectivity index (χ1n) is 6.25. The van der Waals surface area contributed by atoms with Crippen molar-refractivity contribution in [3.8, 4) is 0 Å². The summed E-state index contributed by atoms with van der Waals surface area (Å²) < 4.78 is 13.0. The molecule has 108 valence electrons. The number of hydrogen-bond acceptors (Lipinski definition) is 3. The maximum absolute atomic E-state index is 13.0. The molecule has 0 aliphatic heterocycles. The third kappa shape index (κ3) is 3.42. The van der Waals surface area contributed by atoms with Crippen LogP contribution in [0.3, 0.4) is 0 Å². The summed E-state index contributed by atoms with van der Waals surface area (Å²) in [4.78, 5) is 22.4. The molecule has 0 atom stereocenters. The topological polar surface area (TPSA) is 72.2 Å². The number of halogens is 1. The van der Waals surface area contributed by atoms with E-state index in [9.17, 15) is 19.3 Å². The number of hydrogen-bond donors (Lipinski definition) is 1. The van der Waals surface area contributed by atoms with Crippen molar-refractivity contribution < 1.29 is 14.1 Å². The smallest absolute Gasteiger partial charge is 0.273 e. The van der Waals surface area contributed by atoms with Gasteiger partial charge in [-0.1, -0.05) is 18.2 Å². The highest BCUT2D eigenvalue weighted by Gasteiger charge is 2.17. The molecule has 0 aromatic heterocycles. The average molecular weight is 288 g/mol. The quantitative estimate of drug-likeness (QED) is 0.694. The van der Waals surface area contributed by atoms with Crippen molar-refractivity contribution in [1.82, 2.24) is 5.32 Å². The molecule has 21 heavy (non-hydrogen) atoms. The van der Waals surface area contributed by atoms with E-state index in [0.717, 1.165) is 0 Å². The number of amides is 1. The molecule has 2 rings (SSSR count). The third-order valence-corrected chi connectivity index (χ3v) is 3.09. The predicted octanol–water partition coefficient (Wildman–Crippen LogP) is 2.97. The van der Waals surface area contributed by atoms with Crippen LogP contribution in [-0.2, 0) is 6.54 Å². The summed E-state index contributed by atoms with van der Waals surface area (Å²) in [5, 5.41) is 13.5. The average Bonchev–Trinajstić information content (AvgIpc) is 2.45. The third-order valence-electron chi connectivity index (χ3n) is 3.09. The second-order valence-electron chi connectivity index (χ2n) is 4.52. The van der Waals surface area contributed by atoms with Gasteiger partial charge in [-0.3, -0.25) is 14.9 Å². The van der Waals surface area contributed by atoms with E-state index in [4.69, 9.17) is 0 Å². The number of benzene rings is 2. The maximum atomic E-state index is 13.0. The molecule has 1 N–H and O–H groups in total. The first-order chi connectivity index (χ1) is 9.99. The Bertz CT molecular complexity index is 701. The number of nitro benzene ring substituents is 1. The lowest BCUT2D eigenvalue weighted by molar-refractivity contribution is -0.385. The minimum absolute atomic E-state index is 0.103. The highest BCUT2D eigenvalue weighted by atomic mass is 19.1. The predicted molar refractivity (Wildman–Crippen MR) is 75.4 cm³/mol. The summed E-state index contributed by atoms with van der Waals surface area (Å²) >= 11 is 0. The molecule has 0 unspecified atom stereocenters. The van der Waals surface area contributed by atoms with E-state index >= 15 is 0 Å². The van der Waals surface area contributed by atoms with Gasteiger partial charge in [-0.25, -0.2) is 4.39 Å². The first kappa shape index (κ1) is 14.6. The molecular weight excluding hydrogens is 275 g/mol. The SMILES string of the molecule is Cc1c(C(=O)NCc2cccc(F)c2)cccc1[N+](=O)[O-]. The number of carbonyl (C=O) groups excluding carboxylic acids is 1. The van der Waals surface area contributed by atoms with Crippen LogP contribution in [0.4, 0.5) is 10.1 Å². The Morgan fingerprint density at radius 1 is 1.29 bits per heavy atom. The Kier molecular flexibility index (Phi) is 4.27. The zero-order valence-corrected chi connectivity index (χ0v) is 11.3. The number of rotatable bonds is 4. The van der Waals surface area contributed by atoms with Crippen molar-refractivity contribution in [2.75, 3.05) is 0 Å². The fraction of sp³-hybridized carbons (Fsp3) is 0.133. The normalized spacial score (nSPS) is 10.2. The molecule has 1 amide bonds. The molecule has 0 radical (unpaired) electrons. The minimum Gasteiger partial charge on any atom is -0.348 e.